The molecule has 0 aliphatic heterocycles. The van der Waals surface area contributed by atoms with Gasteiger partial charge < -0.3 is 4.42 Å². The van der Waals surface area contributed by atoms with Crippen LogP contribution in [0.15, 0.2) is 28.7 Å². The maximum atomic E-state index is 10.5. The quantitative estimate of drug-likeness (QED) is 0.732. The van der Waals surface area contributed by atoms with E-state index >= 15 is 0 Å². The first-order valence-electron chi connectivity index (χ1n) is 4.39. The van der Waals surface area contributed by atoms with Gasteiger partial charge in [0, 0.05) is 5.56 Å². The zero-order valence-corrected chi connectivity index (χ0v) is 8.78. The van der Waals surface area contributed by atoms with Crippen LogP contribution < -0.4 is 0 Å². The monoisotopic (exact) mass is 221 g/mol. The molecular weight excluding hydrogens is 214 g/mol. The van der Waals surface area contributed by atoms with Crippen LogP contribution in [0.2, 0.25) is 5.22 Å². The number of aryl methyl sites for hydroxylation is 1. The Kier molecular flexibility index (Phi) is 2.56. The van der Waals surface area contributed by atoms with E-state index in [-0.39, 0.29) is 10.9 Å². The fraction of sp³-hybridized carbons (Fsp3) is 0.0909. The zero-order valence-electron chi connectivity index (χ0n) is 8.03. The molecule has 0 radical (unpaired) electrons. The highest BCUT2D eigenvalue weighted by Crippen LogP contribution is 2.24. The third-order valence-electron chi connectivity index (χ3n) is 2.02. The van der Waals surface area contributed by atoms with Crippen LogP contribution in [0.4, 0.5) is 0 Å². The zero-order chi connectivity index (χ0) is 10.8. The number of aromatic nitrogens is 1. The van der Waals surface area contributed by atoms with Crippen LogP contribution in [-0.4, -0.2) is 11.3 Å². The molecule has 0 amide bonds. The number of oxazole rings is 1. The van der Waals surface area contributed by atoms with Crippen LogP contribution in [0.3, 0.4) is 0 Å². The van der Waals surface area contributed by atoms with E-state index < -0.39 is 0 Å². The van der Waals surface area contributed by atoms with Crippen LogP contribution in [0, 0.1) is 6.92 Å². The molecule has 76 valence electrons. The summed E-state index contributed by atoms with van der Waals surface area (Å²) in [5, 5.41) is 0.0283. The minimum absolute atomic E-state index is 0.0283. The lowest BCUT2D eigenvalue weighted by Crippen LogP contribution is -1.81. The Bertz CT molecular complexity index is 488. The fourth-order valence-corrected chi connectivity index (χ4v) is 1.37. The highest BCUT2D eigenvalue weighted by molar-refractivity contribution is 6.31. The summed E-state index contributed by atoms with van der Waals surface area (Å²) in [4.78, 5) is 14.5. The van der Waals surface area contributed by atoms with E-state index in [0.717, 1.165) is 11.1 Å². The number of carbonyl (C=O) groups is 1. The molecule has 3 nitrogen and oxygen atoms in total. The number of rotatable bonds is 2. The lowest BCUT2D eigenvalue weighted by Gasteiger charge is -1.95. The summed E-state index contributed by atoms with van der Waals surface area (Å²) in [5.41, 5.74) is 2.08. The number of hydrogen-bond acceptors (Lipinski definition) is 3. The lowest BCUT2D eigenvalue weighted by atomic mass is 10.1. The van der Waals surface area contributed by atoms with Crippen molar-refractivity contribution in [2.45, 2.75) is 6.92 Å². The van der Waals surface area contributed by atoms with E-state index in [0.29, 0.717) is 12.2 Å². The standard InChI is InChI=1S/C11H8ClNO2/c1-7-2-4-8(5-3-7)11-13-9(6-14)10(12)15-11/h2-6H,1H3. The van der Waals surface area contributed by atoms with Crippen molar-refractivity contribution in [2.75, 3.05) is 0 Å². The topological polar surface area (TPSA) is 43.1 Å². The molecule has 1 heterocycles. The van der Waals surface area contributed by atoms with Gasteiger partial charge in [0.05, 0.1) is 0 Å². The van der Waals surface area contributed by atoms with E-state index in [4.69, 9.17) is 16.0 Å². The van der Waals surface area contributed by atoms with Crippen molar-refractivity contribution in [1.82, 2.24) is 4.98 Å². The van der Waals surface area contributed by atoms with Gasteiger partial charge in [-0.05, 0) is 30.7 Å². The summed E-state index contributed by atoms with van der Waals surface area (Å²) in [7, 11) is 0. The van der Waals surface area contributed by atoms with Crippen molar-refractivity contribution in [2.24, 2.45) is 0 Å². The van der Waals surface area contributed by atoms with Gasteiger partial charge in [-0.25, -0.2) is 4.98 Å². The largest absolute Gasteiger partial charge is 0.424 e. The van der Waals surface area contributed by atoms with Crippen LogP contribution in [0.1, 0.15) is 16.1 Å². The van der Waals surface area contributed by atoms with E-state index in [2.05, 4.69) is 4.98 Å². The van der Waals surface area contributed by atoms with Crippen molar-refractivity contribution in [1.29, 1.82) is 0 Å². The predicted molar refractivity (Wildman–Crippen MR) is 57.1 cm³/mol. The van der Waals surface area contributed by atoms with E-state index in [1.807, 2.05) is 31.2 Å². The maximum absolute atomic E-state index is 10.5. The molecule has 0 unspecified atom stereocenters. The van der Waals surface area contributed by atoms with E-state index in [1.54, 1.807) is 0 Å². The van der Waals surface area contributed by atoms with Crippen molar-refractivity contribution in [3.05, 3.63) is 40.7 Å². The first-order valence-corrected chi connectivity index (χ1v) is 4.77. The smallest absolute Gasteiger partial charge is 0.228 e. The molecule has 0 saturated heterocycles. The third kappa shape index (κ3) is 1.92. The molecule has 0 spiro atoms. The number of carbonyl (C=O) groups excluding carboxylic acids is 1. The molecule has 2 aromatic rings. The van der Waals surface area contributed by atoms with Crippen molar-refractivity contribution >= 4 is 17.9 Å². The molecule has 1 aromatic heterocycles. The Morgan fingerprint density at radius 3 is 2.53 bits per heavy atom. The van der Waals surface area contributed by atoms with Crippen LogP contribution in [0.25, 0.3) is 11.5 Å². The maximum Gasteiger partial charge on any atom is 0.228 e. The van der Waals surface area contributed by atoms with Crippen molar-refractivity contribution < 1.29 is 9.21 Å². The second kappa shape index (κ2) is 3.87. The average Bonchev–Trinajstić information content (AvgIpc) is 2.61. The van der Waals surface area contributed by atoms with Crippen LogP contribution in [0.5, 0.6) is 0 Å². The summed E-state index contributed by atoms with van der Waals surface area (Å²) in [6, 6.07) is 7.61. The molecule has 4 heteroatoms. The van der Waals surface area contributed by atoms with Gasteiger partial charge in [-0.3, -0.25) is 4.79 Å². The molecule has 2 rings (SSSR count). The number of halogens is 1. The number of hydrogen-bond donors (Lipinski definition) is 0. The molecule has 0 aliphatic carbocycles. The number of nitrogens with zero attached hydrogens (tertiary/aromatic N) is 1. The Hall–Kier alpha value is -1.61. The SMILES string of the molecule is Cc1ccc(-c2nc(C=O)c(Cl)o2)cc1. The minimum atomic E-state index is 0.0283. The summed E-state index contributed by atoms with van der Waals surface area (Å²) >= 11 is 5.67. The highest BCUT2D eigenvalue weighted by atomic mass is 35.5. The second-order valence-corrected chi connectivity index (χ2v) is 3.51. The Morgan fingerprint density at radius 2 is 2.00 bits per heavy atom. The molecule has 0 bridgehead atoms. The Balaban J connectivity index is 2.45. The second-order valence-electron chi connectivity index (χ2n) is 3.16. The first-order chi connectivity index (χ1) is 7.20. The molecule has 1 aromatic carbocycles. The van der Waals surface area contributed by atoms with Gasteiger partial charge in [-0.1, -0.05) is 17.7 Å². The van der Waals surface area contributed by atoms with Crippen molar-refractivity contribution in [3.8, 4) is 11.5 Å². The van der Waals surface area contributed by atoms with E-state index in [9.17, 15) is 4.79 Å². The predicted octanol–water partition coefficient (Wildman–Crippen LogP) is 3.12. The van der Waals surface area contributed by atoms with Gasteiger partial charge in [0.15, 0.2) is 12.0 Å². The highest BCUT2D eigenvalue weighted by Gasteiger charge is 2.11. The van der Waals surface area contributed by atoms with Gasteiger partial charge in [-0.15, -0.1) is 0 Å². The van der Waals surface area contributed by atoms with Crippen molar-refractivity contribution in [3.63, 3.8) is 0 Å². The summed E-state index contributed by atoms with van der Waals surface area (Å²) in [6.45, 7) is 1.99. The normalized spacial score (nSPS) is 10.3. The van der Waals surface area contributed by atoms with Gasteiger partial charge >= 0.3 is 0 Å². The molecule has 0 aliphatic rings. The fourth-order valence-electron chi connectivity index (χ4n) is 1.21. The first kappa shape index (κ1) is 9.93. The molecule has 0 fully saturated rings. The lowest BCUT2D eigenvalue weighted by molar-refractivity contribution is 0.111. The van der Waals surface area contributed by atoms with Gasteiger partial charge in [0.25, 0.3) is 0 Å². The minimum Gasteiger partial charge on any atom is -0.424 e. The molecule has 0 N–H and O–H groups in total. The van der Waals surface area contributed by atoms with Crippen LogP contribution in [-0.2, 0) is 0 Å². The summed E-state index contributed by atoms with van der Waals surface area (Å²) in [6.07, 6.45) is 0.573. The molecule has 0 saturated carbocycles. The molecule has 0 atom stereocenters. The van der Waals surface area contributed by atoms with E-state index in [1.165, 1.54) is 0 Å². The average molecular weight is 222 g/mol. The van der Waals surface area contributed by atoms with Gasteiger partial charge in [-0.2, -0.15) is 0 Å². The summed E-state index contributed by atoms with van der Waals surface area (Å²) in [5.74, 6) is 0.363. The Labute approximate surface area is 91.7 Å². The van der Waals surface area contributed by atoms with Gasteiger partial charge in [0.1, 0.15) is 0 Å². The Morgan fingerprint density at radius 1 is 1.33 bits per heavy atom. The van der Waals surface area contributed by atoms with Gasteiger partial charge in [0.2, 0.25) is 11.1 Å². The number of aldehydes is 1. The molecular formula is C11H8ClNO2. The van der Waals surface area contributed by atoms with Crippen LogP contribution >= 0.6 is 11.6 Å². The third-order valence-corrected chi connectivity index (χ3v) is 2.29. The number of benzene rings is 1. The molecule has 15 heavy (non-hydrogen) atoms. The summed E-state index contributed by atoms with van der Waals surface area (Å²) < 4.78 is 5.15.